The van der Waals surface area contributed by atoms with Crippen LogP contribution >= 0.6 is 0 Å². The smallest absolute Gasteiger partial charge is 0.107 e. The molecule has 0 aromatic carbocycles. The number of nitrogens with one attached hydrogen (secondary N) is 1. The van der Waals surface area contributed by atoms with Crippen molar-refractivity contribution in [1.82, 2.24) is 5.32 Å². The molecule has 2 nitrogen and oxygen atoms in total. The zero-order valence-corrected chi connectivity index (χ0v) is 7.23. The highest BCUT2D eigenvalue weighted by atomic mass is 15.0. The third-order valence-corrected chi connectivity index (χ3v) is 1.11. The summed E-state index contributed by atoms with van der Waals surface area (Å²) in [5, 5.41) is 3.09. The molecule has 58 valence electrons. The second-order valence-electron chi connectivity index (χ2n) is 1.96. The van der Waals surface area contributed by atoms with Crippen LogP contribution in [0.2, 0.25) is 0 Å². The fourth-order valence-electron chi connectivity index (χ4n) is 0.699. The minimum atomic E-state index is 0.744. The van der Waals surface area contributed by atoms with Crippen LogP contribution in [0.3, 0.4) is 0 Å². The Morgan fingerprint density at radius 3 is 2.30 bits per heavy atom. The van der Waals surface area contributed by atoms with Gasteiger partial charge in [-0.3, -0.25) is 4.99 Å². The fraction of sp³-hybridized carbons (Fsp3) is 0.625. The van der Waals surface area contributed by atoms with Gasteiger partial charge >= 0.3 is 0 Å². The Morgan fingerprint density at radius 1 is 1.40 bits per heavy atom. The lowest BCUT2D eigenvalue weighted by Gasteiger charge is -2.08. The minimum Gasteiger partial charge on any atom is -0.370 e. The third kappa shape index (κ3) is 3.28. The summed E-state index contributed by atoms with van der Waals surface area (Å²) in [6.07, 6.45) is 2.03. The topological polar surface area (TPSA) is 24.4 Å². The minimum absolute atomic E-state index is 0.744. The van der Waals surface area contributed by atoms with Crippen LogP contribution in [0, 0.1) is 0 Å². The highest BCUT2D eigenvalue weighted by Gasteiger charge is 1.93. The third-order valence-electron chi connectivity index (χ3n) is 1.11. The summed E-state index contributed by atoms with van der Waals surface area (Å²) in [6, 6.07) is 0. The molecular weight excluding hydrogens is 124 g/mol. The van der Waals surface area contributed by atoms with Crippen LogP contribution in [-0.2, 0) is 0 Å². The maximum Gasteiger partial charge on any atom is 0.107 e. The number of aliphatic imine (C=N–C) groups is 1. The van der Waals surface area contributed by atoms with Gasteiger partial charge in [0.05, 0.1) is 0 Å². The summed E-state index contributed by atoms with van der Waals surface area (Å²) in [4.78, 5) is 4.11. The molecule has 1 N–H and O–H groups in total. The lowest BCUT2D eigenvalue weighted by atomic mass is 10.3. The summed E-state index contributed by atoms with van der Waals surface area (Å²) in [7, 11) is 0. The van der Waals surface area contributed by atoms with Gasteiger partial charge in [-0.15, -0.1) is 0 Å². The average molecular weight is 140 g/mol. The highest BCUT2D eigenvalue weighted by molar-refractivity contribution is 5.93. The summed E-state index contributed by atoms with van der Waals surface area (Å²) in [6.45, 7) is 8.79. The number of nitrogens with zero attached hydrogens (tertiary/aromatic N) is 1. The zero-order chi connectivity index (χ0) is 7.98. The molecule has 0 bridgehead atoms. The Hall–Kier alpha value is -0.790. The van der Waals surface area contributed by atoms with E-state index in [9.17, 15) is 0 Å². The monoisotopic (exact) mass is 140 g/mol. The number of allylic oxidation sites excluding steroid dienone is 2. The molecule has 1 aliphatic heterocycles. The molecule has 0 amide bonds. The first-order valence-corrected chi connectivity index (χ1v) is 3.72. The van der Waals surface area contributed by atoms with Gasteiger partial charge in [0.2, 0.25) is 0 Å². The van der Waals surface area contributed by atoms with E-state index in [0.717, 1.165) is 12.4 Å². The standard InChI is InChI=1S/C6H10N2.C2H6/c1-5-3-6(2)8-4-7-5;1-2/h3,7H,4H2,1-2H3;1-2H3. The van der Waals surface area contributed by atoms with Gasteiger partial charge in [0.1, 0.15) is 6.67 Å². The summed E-state index contributed by atoms with van der Waals surface area (Å²) in [5.74, 6) is 0. The second-order valence-corrected chi connectivity index (χ2v) is 1.96. The lowest BCUT2D eigenvalue weighted by molar-refractivity contribution is 0.815. The molecule has 0 aromatic heterocycles. The molecule has 10 heavy (non-hydrogen) atoms. The molecule has 2 heteroatoms. The molecule has 0 aliphatic carbocycles. The molecule has 0 saturated heterocycles. The Labute approximate surface area is 63.0 Å². The SMILES string of the molecule is CC.CC1=CC(C)=NCN1. The van der Waals surface area contributed by atoms with Crippen molar-refractivity contribution in [2.75, 3.05) is 6.67 Å². The van der Waals surface area contributed by atoms with Crippen LogP contribution in [0.5, 0.6) is 0 Å². The molecular formula is C8H16N2. The van der Waals surface area contributed by atoms with Crippen molar-refractivity contribution in [2.24, 2.45) is 4.99 Å². The quantitative estimate of drug-likeness (QED) is 0.546. The van der Waals surface area contributed by atoms with Crippen molar-refractivity contribution in [3.05, 3.63) is 11.8 Å². The van der Waals surface area contributed by atoms with Crippen molar-refractivity contribution in [1.29, 1.82) is 0 Å². The summed E-state index contributed by atoms with van der Waals surface area (Å²) >= 11 is 0. The molecule has 0 atom stereocenters. The Kier molecular flexibility index (Phi) is 4.63. The van der Waals surface area contributed by atoms with Crippen LogP contribution in [0.15, 0.2) is 16.8 Å². The van der Waals surface area contributed by atoms with E-state index in [-0.39, 0.29) is 0 Å². The second kappa shape index (κ2) is 5.03. The number of hydrogen-bond donors (Lipinski definition) is 1. The molecule has 1 rings (SSSR count). The molecule has 0 fully saturated rings. The van der Waals surface area contributed by atoms with E-state index in [1.54, 1.807) is 0 Å². The van der Waals surface area contributed by atoms with Gasteiger partial charge in [-0.2, -0.15) is 0 Å². The van der Waals surface area contributed by atoms with Gasteiger partial charge in [0.25, 0.3) is 0 Å². The number of hydrogen-bond acceptors (Lipinski definition) is 2. The van der Waals surface area contributed by atoms with E-state index in [0.29, 0.717) is 0 Å². The van der Waals surface area contributed by atoms with Crippen LogP contribution in [0.1, 0.15) is 27.7 Å². The van der Waals surface area contributed by atoms with E-state index < -0.39 is 0 Å². The maximum atomic E-state index is 4.11. The molecule has 0 aromatic rings. The van der Waals surface area contributed by atoms with Crippen LogP contribution in [0.25, 0.3) is 0 Å². The van der Waals surface area contributed by atoms with Crippen molar-refractivity contribution >= 4 is 5.71 Å². The van der Waals surface area contributed by atoms with E-state index in [2.05, 4.69) is 10.3 Å². The first kappa shape index (κ1) is 9.21. The largest absolute Gasteiger partial charge is 0.370 e. The van der Waals surface area contributed by atoms with Gasteiger partial charge in [0, 0.05) is 11.4 Å². The van der Waals surface area contributed by atoms with Gasteiger partial charge < -0.3 is 5.32 Å². The molecule has 0 spiro atoms. The average Bonchev–Trinajstić information content (AvgIpc) is 1.91. The first-order valence-electron chi connectivity index (χ1n) is 3.72. The zero-order valence-electron chi connectivity index (χ0n) is 7.23. The van der Waals surface area contributed by atoms with Crippen LogP contribution in [-0.4, -0.2) is 12.4 Å². The molecule has 1 aliphatic rings. The lowest BCUT2D eigenvalue weighted by Crippen LogP contribution is -2.16. The normalized spacial score (nSPS) is 15.6. The van der Waals surface area contributed by atoms with Crippen molar-refractivity contribution in [3.8, 4) is 0 Å². The highest BCUT2D eigenvalue weighted by Crippen LogP contribution is 1.93. The predicted molar refractivity (Wildman–Crippen MR) is 46.2 cm³/mol. The Morgan fingerprint density at radius 2 is 2.00 bits per heavy atom. The van der Waals surface area contributed by atoms with Crippen molar-refractivity contribution < 1.29 is 0 Å². The van der Waals surface area contributed by atoms with Crippen molar-refractivity contribution in [3.63, 3.8) is 0 Å². The van der Waals surface area contributed by atoms with E-state index in [1.165, 1.54) is 5.70 Å². The van der Waals surface area contributed by atoms with Crippen molar-refractivity contribution in [2.45, 2.75) is 27.7 Å². The van der Waals surface area contributed by atoms with E-state index in [1.807, 2.05) is 33.8 Å². The van der Waals surface area contributed by atoms with Crippen LogP contribution in [0.4, 0.5) is 0 Å². The predicted octanol–water partition coefficient (Wildman–Crippen LogP) is 1.94. The molecule has 0 radical (unpaired) electrons. The van der Waals surface area contributed by atoms with Crippen LogP contribution < -0.4 is 5.32 Å². The van der Waals surface area contributed by atoms with Gasteiger partial charge in [-0.05, 0) is 19.9 Å². The first-order chi connectivity index (χ1) is 4.79. The molecule has 0 saturated carbocycles. The fourth-order valence-corrected chi connectivity index (χ4v) is 0.699. The van der Waals surface area contributed by atoms with Gasteiger partial charge in [0.15, 0.2) is 0 Å². The molecule has 0 unspecified atom stereocenters. The Bertz CT molecular complexity index is 145. The van der Waals surface area contributed by atoms with Gasteiger partial charge in [-0.1, -0.05) is 13.8 Å². The van der Waals surface area contributed by atoms with E-state index >= 15 is 0 Å². The molecule has 1 heterocycles. The summed E-state index contributed by atoms with van der Waals surface area (Å²) in [5.41, 5.74) is 2.32. The number of rotatable bonds is 0. The van der Waals surface area contributed by atoms with E-state index in [4.69, 9.17) is 0 Å². The summed E-state index contributed by atoms with van der Waals surface area (Å²) < 4.78 is 0. The maximum absolute atomic E-state index is 4.11. The van der Waals surface area contributed by atoms with Gasteiger partial charge in [-0.25, -0.2) is 0 Å². The Balaban J connectivity index is 0.000000371.